The molecule has 0 radical (unpaired) electrons. The number of carbonyl (C=O) groups is 2. The lowest BCUT2D eigenvalue weighted by Crippen LogP contribution is -2.38. The quantitative estimate of drug-likeness (QED) is 0.292. The van der Waals surface area contributed by atoms with Crippen molar-refractivity contribution >= 4 is 33.4 Å². The van der Waals surface area contributed by atoms with Gasteiger partial charge in [-0.1, -0.05) is 41.9 Å². The van der Waals surface area contributed by atoms with Crippen LogP contribution in [0.4, 0.5) is 0 Å². The van der Waals surface area contributed by atoms with Gasteiger partial charge in [-0.05, 0) is 68.4 Å². The van der Waals surface area contributed by atoms with Crippen molar-refractivity contribution in [1.82, 2.24) is 9.80 Å². The highest BCUT2D eigenvalue weighted by molar-refractivity contribution is 9.10. The molecule has 7 heteroatoms. The molecule has 0 aliphatic carbocycles. The summed E-state index contributed by atoms with van der Waals surface area (Å²) in [6.45, 7) is 11.2. The van der Waals surface area contributed by atoms with Gasteiger partial charge in [0.25, 0.3) is 11.7 Å². The zero-order chi connectivity index (χ0) is 24.1. The first-order chi connectivity index (χ1) is 15.8. The molecule has 1 N–H and O–H groups in total. The normalized spacial score (nSPS) is 17.8. The van der Waals surface area contributed by atoms with Gasteiger partial charge in [-0.25, -0.2) is 0 Å². The van der Waals surface area contributed by atoms with Gasteiger partial charge in [0.05, 0.1) is 18.2 Å². The van der Waals surface area contributed by atoms with Crippen LogP contribution in [-0.2, 0) is 9.59 Å². The van der Waals surface area contributed by atoms with Crippen molar-refractivity contribution in [2.45, 2.75) is 33.7 Å². The molecule has 1 fully saturated rings. The summed E-state index contributed by atoms with van der Waals surface area (Å²) in [6.07, 6.45) is 0. The van der Waals surface area contributed by atoms with Gasteiger partial charge in [0.2, 0.25) is 0 Å². The maximum atomic E-state index is 13.2. The minimum Gasteiger partial charge on any atom is -0.507 e. The van der Waals surface area contributed by atoms with E-state index in [1.54, 1.807) is 17.0 Å². The Hall–Kier alpha value is -2.64. The Morgan fingerprint density at radius 2 is 1.76 bits per heavy atom. The van der Waals surface area contributed by atoms with E-state index in [1.165, 1.54) is 0 Å². The zero-order valence-corrected chi connectivity index (χ0v) is 21.2. The largest absolute Gasteiger partial charge is 0.507 e. The van der Waals surface area contributed by atoms with Gasteiger partial charge in [0.1, 0.15) is 11.5 Å². The predicted molar refractivity (Wildman–Crippen MR) is 133 cm³/mol. The second-order valence-electron chi connectivity index (χ2n) is 7.98. The summed E-state index contributed by atoms with van der Waals surface area (Å²) in [7, 11) is 0. The summed E-state index contributed by atoms with van der Waals surface area (Å²) in [6, 6.07) is 12.2. The lowest BCUT2D eigenvalue weighted by Gasteiger charge is -2.28. The lowest BCUT2D eigenvalue weighted by molar-refractivity contribution is -0.140. The molecule has 1 heterocycles. The number of aryl methyl sites for hydroxylation is 1. The average molecular weight is 515 g/mol. The number of aliphatic hydroxyl groups is 1. The highest BCUT2D eigenvalue weighted by Gasteiger charge is 2.46. The van der Waals surface area contributed by atoms with Crippen LogP contribution in [0.25, 0.3) is 5.76 Å². The van der Waals surface area contributed by atoms with Gasteiger partial charge in [-0.15, -0.1) is 0 Å². The van der Waals surface area contributed by atoms with E-state index in [0.717, 1.165) is 28.7 Å². The highest BCUT2D eigenvalue weighted by Crippen LogP contribution is 2.40. The van der Waals surface area contributed by atoms with Crippen molar-refractivity contribution in [2.24, 2.45) is 0 Å². The van der Waals surface area contributed by atoms with Crippen LogP contribution in [0.15, 0.2) is 52.5 Å². The van der Waals surface area contributed by atoms with Gasteiger partial charge >= 0.3 is 0 Å². The van der Waals surface area contributed by atoms with Crippen molar-refractivity contribution < 1.29 is 19.4 Å². The number of likely N-dealkylation sites (N-methyl/N-ethyl adjacent to an activating group) is 1. The summed E-state index contributed by atoms with van der Waals surface area (Å²) in [5.41, 5.74) is 2.18. The molecule has 0 saturated carbocycles. The Labute approximate surface area is 204 Å². The molecule has 1 aliphatic heterocycles. The van der Waals surface area contributed by atoms with E-state index in [9.17, 15) is 14.7 Å². The fourth-order valence-electron chi connectivity index (χ4n) is 4.19. The third-order valence-corrected chi connectivity index (χ3v) is 6.57. The van der Waals surface area contributed by atoms with Crippen molar-refractivity contribution in [2.75, 3.05) is 32.8 Å². The summed E-state index contributed by atoms with van der Waals surface area (Å²) in [4.78, 5) is 30.1. The Morgan fingerprint density at radius 3 is 2.33 bits per heavy atom. The SMILES string of the molecule is CCOc1ccc(/C(O)=C2\C(=O)C(=O)N(CCN(CC)CC)C2c2ccc(Br)cc2)c(C)c1. The van der Waals surface area contributed by atoms with Crippen molar-refractivity contribution in [1.29, 1.82) is 0 Å². The smallest absolute Gasteiger partial charge is 0.295 e. The first-order valence-corrected chi connectivity index (χ1v) is 12.1. The van der Waals surface area contributed by atoms with Crippen LogP contribution in [-0.4, -0.2) is 59.4 Å². The van der Waals surface area contributed by atoms with Crippen LogP contribution in [0.1, 0.15) is 43.5 Å². The number of nitrogens with zero attached hydrogens (tertiary/aromatic N) is 2. The van der Waals surface area contributed by atoms with E-state index >= 15 is 0 Å². The monoisotopic (exact) mass is 514 g/mol. The Kier molecular flexibility index (Phi) is 8.32. The van der Waals surface area contributed by atoms with Gasteiger partial charge in [-0.3, -0.25) is 9.59 Å². The second kappa shape index (κ2) is 11.0. The Balaban J connectivity index is 2.10. The fourth-order valence-corrected chi connectivity index (χ4v) is 4.46. The van der Waals surface area contributed by atoms with Gasteiger partial charge in [0, 0.05) is 23.1 Å². The molecule has 1 atom stereocenters. The Bertz CT molecular complexity index is 1040. The molecule has 1 aliphatic rings. The van der Waals surface area contributed by atoms with Crippen molar-refractivity contribution in [3.8, 4) is 5.75 Å². The molecular weight excluding hydrogens is 484 g/mol. The second-order valence-corrected chi connectivity index (χ2v) is 8.90. The van der Waals surface area contributed by atoms with E-state index in [2.05, 4.69) is 34.7 Å². The number of ether oxygens (including phenoxy) is 1. The number of Topliss-reactive ketones (excluding diaryl/α,β-unsaturated/α-hetero) is 1. The maximum Gasteiger partial charge on any atom is 0.295 e. The number of ketones is 1. The maximum absolute atomic E-state index is 13.2. The topological polar surface area (TPSA) is 70.1 Å². The molecule has 0 aromatic heterocycles. The molecule has 3 rings (SSSR count). The standard InChI is InChI=1S/C26H31BrN2O4/c1-5-28(6-2)14-15-29-23(18-8-10-19(27)11-9-18)22(25(31)26(29)32)24(30)21-13-12-20(33-7-3)16-17(21)4/h8-13,16,23,30H,5-7,14-15H2,1-4H3/b24-22+. The number of aliphatic hydroxyl groups excluding tert-OH is 1. The molecule has 2 aromatic rings. The van der Waals surface area contributed by atoms with Crippen LogP contribution in [0.3, 0.4) is 0 Å². The Morgan fingerprint density at radius 1 is 1.09 bits per heavy atom. The number of benzene rings is 2. The molecule has 0 bridgehead atoms. The van der Waals surface area contributed by atoms with E-state index in [1.807, 2.05) is 44.2 Å². The van der Waals surface area contributed by atoms with Crippen molar-refractivity contribution in [3.05, 3.63) is 69.2 Å². The minimum absolute atomic E-state index is 0.120. The molecule has 1 amide bonds. The average Bonchev–Trinajstić information content (AvgIpc) is 3.05. The molecule has 1 unspecified atom stereocenters. The number of rotatable bonds is 9. The van der Waals surface area contributed by atoms with Crippen LogP contribution in [0.2, 0.25) is 0 Å². The molecule has 1 saturated heterocycles. The predicted octanol–water partition coefficient (Wildman–Crippen LogP) is 4.92. The van der Waals surface area contributed by atoms with E-state index in [0.29, 0.717) is 31.0 Å². The minimum atomic E-state index is -0.659. The van der Waals surface area contributed by atoms with Gasteiger partial charge in [0.15, 0.2) is 0 Å². The third-order valence-electron chi connectivity index (χ3n) is 6.04. The molecule has 33 heavy (non-hydrogen) atoms. The summed E-state index contributed by atoms with van der Waals surface area (Å²) >= 11 is 3.44. The highest BCUT2D eigenvalue weighted by atomic mass is 79.9. The number of likely N-dealkylation sites (tertiary alicyclic amines) is 1. The van der Waals surface area contributed by atoms with Crippen LogP contribution >= 0.6 is 15.9 Å². The van der Waals surface area contributed by atoms with E-state index in [-0.39, 0.29) is 11.3 Å². The van der Waals surface area contributed by atoms with E-state index in [4.69, 9.17) is 4.74 Å². The number of amides is 1. The molecule has 0 spiro atoms. The number of hydrogen-bond donors (Lipinski definition) is 1. The molecule has 6 nitrogen and oxygen atoms in total. The first-order valence-electron chi connectivity index (χ1n) is 11.3. The third kappa shape index (κ3) is 5.31. The fraction of sp³-hybridized carbons (Fsp3) is 0.385. The molecule has 176 valence electrons. The van der Waals surface area contributed by atoms with Gasteiger partial charge < -0.3 is 19.6 Å². The van der Waals surface area contributed by atoms with Crippen LogP contribution < -0.4 is 4.74 Å². The number of hydrogen-bond acceptors (Lipinski definition) is 5. The van der Waals surface area contributed by atoms with Crippen LogP contribution in [0.5, 0.6) is 5.75 Å². The van der Waals surface area contributed by atoms with Crippen molar-refractivity contribution in [3.63, 3.8) is 0 Å². The summed E-state index contributed by atoms with van der Waals surface area (Å²) in [5.74, 6) is -0.712. The lowest BCUT2D eigenvalue weighted by atomic mass is 9.94. The summed E-state index contributed by atoms with van der Waals surface area (Å²) in [5, 5.41) is 11.3. The van der Waals surface area contributed by atoms with E-state index < -0.39 is 17.7 Å². The number of halogens is 1. The number of carbonyl (C=O) groups excluding carboxylic acids is 2. The first kappa shape index (κ1) is 25.0. The van der Waals surface area contributed by atoms with Gasteiger partial charge in [-0.2, -0.15) is 0 Å². The van der Waals surface area contributed by atoms with Crippen LogP contribution in [0, 0.1) is 6.92 Å². The molecule has 2 aromatic carbocycles. The molecular formula is C26H31BrN2O4. The zero-order valence-electron chi connectivity index (χ0n) is 19.6. The summed E-state index contributed by atoms with van der Waals surface area (Å²) < 4.78 is 6.44.